The van der Waals surface area contributed by atoms with Crippen molar-refractivity contribution in [3.05, 3.63) is 58.2 Å². The molecule has 1 atom stereocenters. The molecular formula is C18H21N3O. The molecule has 0 aliphatic heterocycles. The molecule has 2 aromatic rings. The van der Waals surface area contributed by atoms with E-state index < -0.39 is 0 Å². The average molecular weight is 295 g/mol. The second-order valence-electron chi connectivity index (χ2n) is 5.95. The van der Waals surface area contributed by atoms with Gasteiger partial charge in [0.1, 0.15) is 5.69 Å². The minimum atomic E-state index is -0.130. The number of benzene rings is 1. The first-order valence-corrected chi connectivity index (χ1v) is 7.77. The number of aromatic nitrogens is 2. The highest BCUT2D eigenvalue weighted by Gasteiger charge is 2.23. The summed E-state index contributed by atoms with van der Waals surface area (Å²) in [6, 6.07) is 8.42. The summed E-state index contributed by atoms with van der Waals surface area (Å²) < 4.78 is 0. The topological polar surface area (TPSA) is 54.9 Å². The largest absolute Gasteiger partial charge is 0.344 e. The van der Waals surface area contributed by atoms with E-state index in [0.717, 1.165) is 30.7 Å². The van der Waals surface area contributed by atoms with Crippen LogP contribution >= 0.6 is 0 Å². The third-order valence-corrected chi connectivity index (χ3v) is 4.37. The van der Waals surface area contributed by atoms with Crippen molar-refractivity contribution in [3.63, 3.8) is 0 Å². The van der Waals surface area contributed by atoms with Crippen molar-refractivity contribution >= 4 is 5.91 Å². The van der Waals surface area contributed by atoms with Gasteiger partial charge in [-0.2, -0.15) is 0 Å². The fourth-order valence-corrected chi connectivity index (χ4v) is 3.06. The van der Waals surface area contributed by atoms with Gasteiger partial charge in [0.15, 0.2) is 0 Å². The van der Waals surface area contributed by atoms with E-state index in [1.807, 2.05) is 26.8 Å². The van der Waals surface area contributed by atoms with Crippen LogP contribution in [0, 0.1) is 20.8 Å². The van der Waals surface area contributed by atoms with Gasteiger partial charge in [0.05, 0.1) is 23.1 Å². The Morgan fingerprint density at radius 1 is 1.09 bits per heavy atom. The molecule has 1 N–H and O–H groups in total. The lowest BCUT2D eigenvalue weighted by Gasteiger charge is -2.26. The predicted octanol–water partition coefficient (Wildman–Crippen LogP) is 3.21. The van der Waals surface area contributed by atoms with Gasteiger partial charge < -0.3 is 5.32 Å². The summed E-state index contributed by atoms with van der Waals surface area (Å²) in [5, 5.41) is 3.14. The van der Waals surface area contributed by atoms with Crippen LogP contribution in [0.4, 0.5) is 0 Å². The van der Waals surface area contributed by atoms with E-state index in [1.54, 1.807) is 0 Å². The van der Waals surface area contributed by atoms with Crippen LogP contribution in [-0.4, -0.2) is 15.9 Å². The molecule has 1 aliphatic rings. The number of carbonyl (C=O) groups is 1. The zero-order chi connectivity index (χ0) is 15.7. The Bertz CT molecular complexity index is 724. The molecule has 0 spiro atoms. The Balaban J connectivity index is 1.85. The first-order chi connectivity index (χ1) is 10.6. The number of hydrogen-bond acceptors (Lipinski definition) is 3. The molecule has 0 fully saturated rings. The third kappa shape index (κ3) is 2.73. The molecule has 0 bridgehead atoms. The normalized spacial score (nSPS) is 17.0. The van der Waals surface area contributed by atoms with Crippen LogP contribution in [0.5, 0.6) is 0 Å². The van der Waals surface area contributed by atoms with Gasteiger partial charge in [0, 0.05) is 0 Å². The number of nitrogens with zero attached hydrogens (tertiary/aromatic N) is 2. The molecule has 3 rings (SSSR count). The number of nitrogens with one attached hydrogen (secondary N) is 1. The minimum absolute atomic E-state index is 0.0697. The highest BCUT2D eigenvalue weighted by atomic mass is 16.2. The Morgan fingerprint density at radius 3 is 2.64 bits per heavy atom. The monoisotopic (exact) mass is 295 g/mol. The molecule has 0 saturated heterocycles. The van der Waals surface area contributed by atoms with Crippen LogP contribution in [-0.2, 0) is 6.42 Å². The van der Waals surface area contributed by atoms with Crippen LogP contribution in [0.15, 0.2) is 24.3 Å². The molecule has 114 valence electrons. The van der Waals surface area contributed by atoms with Crippen LogP contribution in [0.1, 0.15) is 57.6 Å². The summed E-state index contributed by atoms with van der Waals surface area (Å²) in [7, 11) is 0. The fourth-order valence-electron chi connectivity index (χ4n) is 3.06. The fraction of sp³-hybridized carbons (Fsp3) is 0.389. The molecular weight excluding hydrogens is 274 g/mol. The summed E-state index contributed by atoms with van der Waals surface area (Å²) in [5.74, 6) is -0.130. The molecule has 22 heavy (non-hydrogen) atoms. The van der Waals surface area contributed by atoms with Crippen molar-refractivity contribution in [1.82, 2.24) is 15.3 Å². The van der Waals surface area contributed by atoms with Crippen LogP contribution in [0.2, 0.25) is 0 Å². The maximum atomic E-state index is 12.6. The SMILES string of the molecule is Cc1nc(C)c(C(=O)NC2CCCc3ccccc32)nc1C. The van der Waals surface area contributed by atoms with Crippen molar-refractivity contribution < 1.29 is 4.79 Å². The van der Waals surface area contributed by atoms with Crippen molar-refractivity contribution in [2.45, 2.75) is 46.1 Å². The van der Waals surface area contributed by atoms with Crippen molar-refractivity contribution in [1.29, 1.82) is 0 Å². The standard InChI is InChI=1S/C18H21N3O/c1-11-12(2)20-17(13(3)19-11)18(22)21-16-10-6-8-14-7-4-5-9-15(14)16/h4-5,7,9,16H,6,8,10H2,1-3H3,(H,21,22). The molecule has 0 saturated carbocycles. The van der Waals surface area contributed by atoms with Gasteiger partial charge in [-0.05, 0) is 51.2 Å². The van der Waals surface area contributed by atoms with Gasteiger partial charge in [0.25, 0.3) is 5.91 Å². The Morgan fingerprint density at radius 2 is 1.82 bits per heavy atom. The first-order valence-electron chi connectivity index (χ1n) is 7.77. The van der Waals surface area contributed by atoms with Gasteiger partial charge in [-0.3, -0.25) is 9.78 Å². The second kappa shape index (κ2) is 5.87. The molecule has 1 aliphatic carbocycles. The maximum Gasteiger partial charge on any atom is 0.272 e. The molecule has 1 aromatic heterocycles. The van der Waals surface area contributed by atoms with Gasteiger partial charge >= 0.3 is 0 Å². The lowest BCUT2D eigenvalue weighted by atomic mass is 9.87. The molecule has 4 heteroatoms. The summed E-state index contributed by atoms with van der Waals surface area (Å²) in [5.41, 5.74) is 5.37. The van der Waals surface area contributed by atoms with Crippen LogP contribution in [0.25, 0.3) is 0 Å². The zero-order valence-corrected chi connectivity index (χ0v) is 13.3. The van der Waals surface area contributed by atoms with E-state index in [4.69, 9.17) is 0 Å². The van der Waals surface area contributed by atoms with E-state index in [1.165, 1.54) is 11.1 Å². The zero-order valence-electron chi connectivity index (χ0n) is 13.3. The van der Waals surface area contributed by atoms with Gasteiger partial charge in [-0.1, -0.05) is 24.3 Å². The average Bonchev–Trinajstić information content (AvgIpc) is 2.51. The highest BCUT2D eigenvalue weighted by Crippen LogP contribution is 2.29. The quantitative estimate of drug-likeness (QED) is 0.925. The third-order valence-electron chi connectivity index (χ3n) is 4.37. The summed E-state index contributed by atoms with van der Waals surface area (Å²) >= 11 is 0. The summed E-state index contributed by atoms with van der Waals surface area (Å²) in [4.78, 5) is 21.4. The maximum absolute atomic E-state index is 12.6. The smallest absolute Gasteiger partial charge is 0.272 e. The van der Waals surface area contributed by atoms with E-state index in [2.05, 4.69) is 33.5 Å². The van der Waals surface area contributed by atoms with Crippen molar-refractivity contribution in [2.24, 2.45) is 0 Å². The van der Waals surface area contributed by atoms with Gasteiger partial charge in [0.2, 0.25) is 0 Å². The molecule has 1 heterocycles. The lowest BCUT2D eigenvalue weighted by Crippen LogP contribution is -2.32. The van der Waals surface area contributed by atoms with Crippen molar-refractivity contribution in [2.75, 3.05) is 0 Å². The lowest BCUT2D eigenvalue weighted by molar-refractivity contribution is 0.0926. The number of amides is 1. The first kappa shape index (κ1) is 14.7. The number of rotatable bonds is 2. The second-order valence-corrected chi connectivity index (χ2v) is 5.95. The molecule has 1 unspecified atom stereocenters. The van der Waals surface area contributed by atoms with Crippen molar-refractivity contribution in [3.8, 4) is 0 Å². The Kier molecular flexibility index (Phi) is 3.92. The molecule has 1 amide bonds. The number of fused-ring (bicyclic) bond motifs is 1. The summed E-state index contributed by atoms with van der Waals surface area (Å²) in [6.07, 6.45) is 3.16. The number of hydrogen-bond donors (Lipinski definition) is 1. The van der Waals surface area contributed by atoms with E-state index in [0.29, 0.717) is 11.4 Å². The molecule has 1 aromatic carbocycles. The minimum Gasteiger partial charge on any atom is -0.344 e. The van der Waals surface area contributed by atoms with E-state index >= 15 is 0 Å². The number of aryl methyl sites for hydroxylation is 4. The van der Waals surface area contributed by atoms with Gasteiger partial charge in [-0.15, -0.1) is 0 Å². The Labute approximate surface area is 131 Å². The molecule has 0 radical (unpaired) electrons. The molecule has 4 nitrogen and oxygen atoms in total. The highest BCUT2D eigenvalue weighted by molar-refractivity contribution is 5.93. The summed E-state index contributed by atoms with van der Waals surface area (Å²) in [6.45, 7) is 5.63. The van der Waals surface area contributed by atoms with Crippen LogP contribution < -0.4 is 5.32 Å². The van der Waals surface area contributed by atoms with E-state index in [9.17, 15) is 4.79 Å². The predicted molar refractivity (Wildman–Crippen MR) is 85.8 cm³/mol. The Hall–Kier alpha value is -2.23. The number of carbonyl (C=O) groups excluding carboxylic acids is 1. The van der Waals surface area contributed by atoms with Gasteiger partial charge in [-0.25, -0.2) is 4.98 Å². The van der Waals surface area contributed by atoms with Crippen LogP contribution in [0.3, 0.4) is 0 Å². The van der Waals surface area contributed by atoms with E-state index in [-0.39, 0.29) is 11.9 Å².